The second-order valence-electron chi connectivity index (χ2n) is 9.27. The number of nitrogens with zero attached hydrogens (tertiary/aromatic N) is 2. The van der Waals surface area contributed by atoms with Crippen molar-refractivity contribution in [2.75, 3.05) is 19.3 Å². The van der Waals surface area contributed by atoms with Crippen LogP contribution in [0.4, 0.5) is 10.1 Å². The standard InChI is InChI=1S/C26H32FN3O4/c1-6-18-14-23(31)30(15-17-7-10-20(11-8-17)28-25(32)26(2,3)4)29-24(18)19-9-12-21(34-16-27)22(13-19)33-5/h7-13,18H,6,14-16H2,1-5H3,(H,28,32). The molecule has 0 radical (unpaired) electrons. The number of rotatable bonds is 8. The van der Waals surface area contributed by atoms with Crippen molar-refractivity contribution in [2.24, 2.45) is 16.4 Å². The number of hydrogen-bond acceptors (Lipinski definition) is 5. The Morgan fingerprint density at radius 1 is 1.18 bits per heavy atom. The predicted molar refractivity (Wildman–Crippen MR) is 130 cm³/mol. The van der Waals surface area contributed by atoms with E-state index in [1.807, 2.05) is 52.0 Å². The summed E-state index contributed by atoms with van der Waals surface area (Å²) in [5, 5.41) is 9.07. The lowest BCUT2D eigenvalue weighted by Crippen LogP contribution is -2.36. The van der Waals surface area contributed by atoms with Crippen molar-refractivity contribution in [1.82, 2.24) is 5.01 Å². The molecule has 2 aromatic carbocycles. The predicted octanol–water partition coefficient (Wildman–Crippen LogP) is 5.15. The van der Waals surface area contributed by atoms with Gasteiger partial charge in [0.2, 0.25) is 18.7 Å². The number of amides is 2. The Hall–Kier alpha value is -3.42. The quantitative estimate of drug-likeness (QED) is 0.580. The molecular formula is C26H32FN3O4. The molecular weight excluding hydrogens is 437 g/mol. The van der Waals surface area contributed by atoms with E-state index in [0.717, 1.165) is 23.3 Å². The van der Waals surface area contributed by atoms with Gasteiger partial charge in [-0.3, -0.25) is 9.59 Å². The van der Waals surface area contributed by atoms with Crippen molar-refractivity contribution >= 4 is 23.2 Å². The maximum Gasteiger partial charge on any atom is 0.243 e. The van der Waals surface area contributed by atoms with Gasteiger partial charge in [0.1, 0.15) is 0 Å². The first-order valence-corrected chi connectivity index (χ1v) is 11.3. The molecule has 0 bridgehead atoms. The first-order chi connectivity index (χ1) is 16.2. The molecule has 1 aliphatic heterocycles. The third kappa shape index (κ3) is 5.92. The van der Waals surface area contributed by atoms with Crippen molar-refractivity contribution in [3.8, 4) is 11.5 Å². The van der Waals surface area contributed by atoms with Gasteiger partial charge in [0.05, 0.1) is 19.4 Å². The van der Waals surface area contributed by atoms with Crippen molar-refractivity contribution in [2.45, 2.75) is 47.1 Å². The van der Waals surface area contributed by atoms with E-state index in [2.05, 4.69) is 5.32 Å². The van der Waals surface area contributed by atoms with Crippen molar-refractivity contribution in [3.05, 3.63) is 53.6 Å². The summed E-state index contributed by atoms with van der Waals surface area (Å²) in [6, 6.07) is 12.6. The van der Waals surface area contributed by atoms with Gasteiger partial charge in [0.25, 0.3) is 0 Å². The molecule has 0 saturated carbocycles. The smallest absolute Gasteiger partial charge is 0.243 e. The Labute approximate surface area is 199 Å². The first kappa shape index (κ1) is 25.2. The Bertz CT molecular complexity index is 1060. The third-order valence-corrected chi connectivity index (χ3v) is 5.71. The van der Waals surface area contributed by atoms with Crippen molar-refractivity contribution < 1.29 is 23.5 Å². The molecule has 0 aliphatic carbocycles. The van der Waals surface area contributed by atoms with Gasteiger partial charge in [-0.1, -0.05) is 39.8 Å². The molecule has 34 heavy (non-hydrogen) atoms. The van der Waals surface area contributed by atoms with E-state index >= 15 is 0 Å². The van der Waals surface area contributed by atoms with E-state index < -0.39 is 12.3 Å². The van der Waals surface area contributed by atoms with Crippen molar-refractivity contribution in [3.63, 3.8) is 0 Å². The summed E-state index contributed by atoms with van der Waals surface area (Å²) in [6.45, 7) is 6.95. The minimum Gasteiger partial charge on any atom is -0.493 e. The van der Waals surface area contributed by atoms with Gasteiger partial charge >= 0.3 is 0 Å². The Balaban J connectivity index is 1.83. The van der Waals surface area contributed by atoms with Gasteiger partial charge in [-0.25, -0.2) is 9.40 Å². The Kier molecular flexibility index (Phi) is 7.91. The van der Waals surface area contributed by atoms with Gasteiger partial charge in [0.15, 0.2) is 11.5 Å². The average Bonchev–Trinajstić information content (AvgIpc) is 2.81. The number of alkyl halides is 1. The van der Waals surface area contributed by atoms with E-state index in [4.69, 9.17) is 14.6 Å². The second kappa shape index (κ2) is 10.7. The summed E-state index contributed by atoms with van der Waals surface area (Å²) >= 11 is 0. The molecule has 0 spiro atoms. The highest BCUT2D eigenvalue weighted by molar-refractivity contribution is 6.06. The zero-order chi connectivity index (χ0) is 24.9. The molecule has 8 heteroatoms. The Morgan fingerprint density at radius 2 is 1.88 bits per heavy atom. The zero-order valence-electron chi connectivity index (χ0n) is 20.4. The molecule has 0 aromatic heterocycles. The normalized spacial score (nSPS) is 16.2. The highest BCUT2D eigenvalue weighted by Gasteiger charge is 2.30. The van der Waals surface area contributed by atoms with Crippen LogP contribution in [0.1, 0.15) is 51.7 Å². The average molecular weight is 470 g/mol. The number of hydrazone groups is 1. The maximum atomic E-state index is 12.8. The van der Waals surface area contributed by atoms with Crippen LogP contribution in [0.2, 0.25) is 0 Å². The molecule has 1 N–H and O–H groups in total. The van der Waals surface area contributed by atoms with Crippen LogP contribution < -0.4 is 14.8 Å². The number of carbonyl (C=O) groups excluding carboxylic acids is 2. The minimum atomic E-state index is -0.949. The molecule has 1 atom stereocenters. The topological polar surface area (TPSA) is 80.2 Å². The molecule has 1 aliphatic rings. The zero-order valence-corrected chi connectivity index (χ0v) is 20.4. The van der Waals surface area contributed by atoms with Crippen molar-refractivity contribution in [1.29, 1.82) is 0 Å². The monoisotopic (exact) mass is 469 g/mol. The number of hydrogen-bond donors (Lipinski definition) is 1. The number of ether oxygens (including phenoxy) is 2. The fourth-order valence-corrected chi connectivity index (χ4v) is 3.62. The van der Waals surface area contributed by atoms with E-state index in [1.54, 1.807) is 18.2 Å². The lowest BCUT2D eigenvalue weighted by atomic mass is 9.89. The van der Waals surface area contributed by atoms with E-state index in [0.29, 0.717) is 30.2 Å². The molecule has 3 rings (SSSR count). The number of carbonyl (C=O) groups is 2. The van der Waals surface area contributed by atoms with Crippen LogP contribution in [0.15, 0.2) is 47.6 Å². The SMILES string of the molecule is CCC1CC(=O)N(Cc2ccc(NC(=O)C(C)(C)C)cc2)N=C1c1ccc(OCF)c(OC)c1. The first-order valence-electron chi connectivity index (χ1n) is 11.3. The minimum absolute atomic E-state index is 0.0311. The van der Waals surface area contributed by atoms with Crippen LogP contribution in [0.5, 0.6) is 11.5 Å². The highest BCUT2D eigenvalue weighted by atomic mass is 19.1. The lowest BCUT2D eigenvalue weighted by Gasteiger charge is -2.29. The van der Waals surface area contributed by atoms with E-state index in [-0.39, 0.29) is 17.7 Å². The second-order valence-corrected chi connectivity index (χ2v) is 9.27. The summed E-state index contributed by atoms with van der Waals surface area (Å²) in [5.41, 5.74) is 2.68. The van der Waals surface area contributed by atoms with Crippen LogP contribution in [0, 0.1) is 11.3 Å². The van der Waals surface area contributed by atoms with Gasteiger partial charge in [-0.2, -0.15) is 5.10 Å². The number of halogens is 1. The number of methoxy groups -OCH3 is 1. The molecule has 2 amide bonds. The Morgan fingerprint density at radius 3 is 2.47 bits per heavy atom. The van der Waals surface area contributed by atoms with Crippen LogP contribution in [0.25, 0.3) is 0 Å². The molecule has 0 saturated heterocycles. The largest absolute Gasteiger partial charge is 0.493 e. The van der Waals surface area contributed by atoms with Gasteiger partial charge < -0.3 is 14.8 Å². The van der Waals surface area contributed by atoms with Crippen LogP contribution in [-0.2, 0) is 16.1 Å². The molecule has 7 nitrogen and oxygen atoms in total. The van der Waals surface area contributed by atoms with Gasteiger partial charge in [-0.15, -0.1) is 0 Å². The molecule has 1 unspecified atom stereocenters. The third-order valence-electron chi connectivity index (χ3n) is 5.71. The summed E-state index contributed by atoms with van der Waals surface area (Å²) in [4.78, 5) is 25.0. The molecule has 2 aromatic rings. The lowest BCUT2D eigenvalue weighted by molar-refractivity contribution is -0.133. The summed E-state index contributed by atoms with van der Waals surface area (Å²) in [5.74, 6) is 0.569. The van der Waals surface area contributed by atoms with Crippen LogP contribution in [0.3, 0.4) is 0 Å². The fraction of sp³-hybridized carbons (Fsp3) is 0.423. The van der Waals surface area contributed by atoms with Gasteiger partial charge in [-0.05, 0) is 42.3 Å². The molecule has 0 fully saturated rings. The molecule has 1 heterocycles. The highest BCUT2D eigenvalue weighted by Crippen LogP contribution is 2.32. The molecule has 182 valence electrons. The van der Waals surface area contributed by atoms with E-state index in [1.165, 1.54) is 12.1 Å². The number of benzene rings is 2. The van der Waals surface area contributed by atoms with E-state index in [9.17, 15) is 14.0 Å². The maximum absolute atomic E-state index is 12.8. The summed E-state index contributed by atoms with van der Waals surface area (Å²) < 4.78 is 23.0. The number of nitrogens with one attached hydrogen (secondary N) is 1. The van der Waals surface area contributed by atoms with Crippen LogP contribution in [-0.4, -0.2) is 36.5 Å². The summed E-state index contributed by atoms with van der Waals surface area (Å²) in [7, 11) is 1.49. The van der Waals surface area contributed by atoms with Gasteiger partial charge in [0, 0.05) is 29.0 Å². The number of anilines is 1. The summed E-state index contributed by atoms with van der Waals surface area (Å²) in [6.07, 6.45) is 1.10. The van der Waals surface area contributed by atoms with Crippen LogP contribution >= 0.6 is 0 Å². The fourth-order valence-electron chi connectivity index (χ4n) is 3.62.